The Morgan fingerprint density at radius 1 is 1.29 bits per heavy atom. The quantitative estimate of drug-likeness (QED) is 0.395. The maximum atomic E-state index is 10.9. The summed E-state index contributed by atoms with van der Waals surface area (Å²) in [4.78, 5) is 21.3. The lowest BCUT2D eigenvalue weighted by Gasteiger charge is -2.22. The average molecular weight is 198 g/mol. The Bertz CT molecular complexity index is 233. The van der Waals surface area contributed by atoms with E-state index < -0.39 is 0 Å². The molecule has 0 fully saturated rings. The molecule has 0 saturated heterocycles. The fraction of sp³-hybridized carbons (Fsp3) is 0.636. The third-order valence-electron chi connectivity index (χ3n) is 2.06. The molecule has 0 aliphatic heterocycles. The Morgan fingerprint density at radius 2 is 1.86 bits per heavy atom. The van der Waals surface area contributed by atoms with Gasteiger partial charge in [0.15, 0.2) is 0 Å². The lowest BCUT2D eigenvalue weighted by molar-refractivity contribution is -0.140. The molecule has 0 aromatic rings. The Hall–Kier alpha value is -1.12. The summed E-state index contributed by atoms with van der Waals surface area (Å²) >= 11 is 0. The van der Waals surface area contributed by atoms with Crippen LogP contribution in [-0.4, -0.2) is 19.4 Å². The van der Waals surface area contributed by atoms with E-state index in [0.29, 0.717) is 12.8 Å². The highest BCUT2D eigenvalue weighted by Gasteiger charge is 2.17. The van der Waals surface area contributed by atoms with Crippen molar-refractivity contribution in [2.75, 3.05) is 7.11 Å². The summed E-state index contributed by atoms with van der Waals surface area (Å²) in [6, 6.07) is 0. The molecule has 80 valence electrons. The third-order valence-corrected chi connectivity index (χ3v) is 2.06. The molecular weight excluding hydrogens is 180 g/mol. The number of allylic oxidation sites excluding steroid dienone is 2. The van der Waals surface area contributed by atoms with Crippen LogP contribution in [0, 0.1) is 5.41 Å². The van der Waals surface area contributed by atoms with E-state index in [2.05, 4.69) is 4.74 Å². The summed E-state index contributed by atoms with van der Waals surface area (Å²) in [7, 11) is 1.36. The molecular formula is C11H18O3. The number of aldehydes is 1. The summed E-state index contributed by atoms with van der Waals surface area (Å²) in [6.07, 6.45) is 3.20. The van der Waals surface area contributed by atoms with E-state index in [-0.39, 0.29) is 11.4 Å². The van der Waals surface area contributed by atoms with Gasteiger partial charge in [-0.05, 0) is 17.9 Å². The summed E-state index contributed by atoms with van der Waals surface area (Å²) in [5.74, 6) is -0.244. The molecule has 0 spiro atoms. The van der Waals surface area contributed by atoms with Crippen LogP contribution in [0.3, 0.4) is 0 Å². The Balaban J connectivity index is 4.34. The SMILES string of the molecule is COC(=O)CC/C(=C/C=O)C(C)(C)C. The molecule has 3 heteroatoms. The van der Waals surface area contributed by atoms with Crippen molar-refractivity contribution in [2.24, 2.45) is 5.41 Å². The van der Waals surface area contributed by atoms with Crippen molar-refractivity contribution in [3.63, 3.8) is 0 Å². The highest BCUT2D eigenvalue weighted by molar-refractivity contribution is 5.70. The molecule has 0 aromatic carbocycles. The molecule has 14 heavy (non-hydrogen) atoms. The first-order chi connectivity index (χ1) is 6.41. The van der Waals surface area contributed by atoms with Crippen LogP contribution in [0.2, 0.25) is 0 Å². The smallest absolute Gasteiger partial charge is 0.305 e. The summed E-state index contributed by atoms with van der Waals surface area (Å²) in [5, 5.41) is 0. The van der Waals surface area contributed by atoms with Crippen LogP contribution in [0.5, 0.6) is 0 Å². The molecule has 0 rings (SSSR count). The number of methoxy groups -OCH3 is 1. The molecule has 0 aromatic heterocycles. The minimum Gasteiger partial charge on any atom is -0.469 e. The molecule has 0 saturated carbocycles. The number of hydrogen-bond donors (Lipinski definition) is 0. The molecule has 0 aliphatic carbocycles. The van der Waals surface area contributed by atoms with Gasteiger partial charge in [0.25, 0.3) is 0 Å². The van der Waals surface area contributed by atoms with Gasteiger partial charge in [0.05, 0.1) is 7.11 Å². The molecule has 0 bridgehead atoms. The molecule has 0 radical (unpaired) electrons. The van der Waals surface area contributed by atoms with Crippen molar-refractivity contribution in [3.05, 3.63) is 11.6 Å². The second kappa shape index (κ2) is 5.58. The van der Waals surface area contributed by atoms with Crippen LogP contribution >= 0.6 is 0 Å². The van der Waals surface area contributed by atoms with Gasteiger partial charge < -0.3 is 4.74 Å². The predicted octanol–water partition coefficient (Wildman–Crippen LogP) is 2.11. The maximum absolute atomic E-state index is 10.9. The zero-order chi connectivity index (χ0) is 11.2. The van der Waals surface area contributed by atoms with Crippen molar-refractivity contribution in [3.8, 4) is 0 Å². The van der Waals surface area contributed by atoms with E-state index in [4.69, 9.17) is 0 Å². The van der Waals surface area contributed by atoms with Crippen molar-refractivity contribution < 1.29 is 14.3 Å². The highest BCUT2D eigenvalue weighted by atomic mass is 16.5. The zero-order valence-electron chi connectivity index (χ0n) is 9.29. The van der Waals surface area contributed by atoms with Crippen molar-refractivity contribution in [2.45, 2.75) is 33.6 Å². The maximum Gasteiger partial charge on any atom is 0.305 e. The first-order valence-electron chi connectivity index (χ1n) is 4.63. The molecule has 3 nitrogen and oxygen atoms in total. The van der Waals surface area contributed by atoms with E-state index in [1.165, 1.54) is 13.2 Å². The van der Waals surface area contributed by atoms with Gasteiger partial charge in [-0.25, -0.2) is 0 Å². The van der Waals surface area contributed by atoms with Crippen LogP contribution in [0.15, 0.2) is 11.6 Å². The molecule has 0 atom stereocenters. The lowest BCUT2D eigenvalue weighted by atomic mass is 9.83. The average Bonchev–Trinajstić information content (AvgIpc) is 2.09. The second-order valence-electron chi connectivity index (χ2n) is 4.15. The van der Waals surface area contributed by atoms with Crippen molar-refractivity contribution in [1.82, 2.24) is 0 Å². The summed E-state index contributed by atoms with van der Waals surface area (Å²) < 4.78 is 4.54. The normalized spacial score (nSPS) is 12.4. The van der Waals surface area contributed by atoms with Crippen LogP contribution in [0.1, 0.15) is 33.6 Å². The van der Waals surface area contributed by atoms with E-state index in [9.17, 15) is 9.59 Å². The van der Waals surface area contributed by atoms with E-state index in [0.717, 1.165) is 11.9 Å². The number of rotatable bonds is 4. The molecule has 0 unspecified atom stereocenters. The predicted molar refractivity (Wildman–Crippen MR) is 54.9 cm³/mol. The van der Waals surface area contributed by atoms with Crippen LogP contribution in [-0.2, 0) is 14.3 Å². The number of carbonyl (C=O) groups is 2. The first kappa shape index (κ1) is 12.9. The van der Waals surface area contributed by atoms with Gasteiger partial charge in [0, 0.05) is 6.42 Å². The zero-order valence-corrected chi connectivity index (χ0v) is 9.29. The Morgan fingerprint density at radius 3 is 2.21 bits per heavy atom. The summed E-state index contributed by atoms with van der Waals surface area (Å²) in [5.41, 5.74) is 0.896. The first-order valence-corrected chi connectivity index (χ1v) is 4.63. The third kappa shape index (κ3) is 4.80. The fourth-order valence-corrected chi connectivity index (χ4v) is 1.13. The van der Waals surface area contributed by atoms with Crippen molar-refractivity contribution >= 4 is 12.3 Å². The van der Waals surface area contributed by atoms with Gasteiger partial charge in [-0.2, -0.15) is 0 Å². The van der Waals surface area contributed by atoms with Crippen LogP contribution in [0.4, 0.5) is 0 Å². The standard InChI is InChI=1S/C11H18O3/c1-11(2,3)9(7-8-12)5-6-10(13)14-4/h7-8H,5-6H2,1-4H3/b9-7-. The summed E-state index contributed by atoms with van der Waals surface area (Å²) in [6.45, 7) is 6.04. The Kier molecular flexibility index (Phi) is 5.13. The van der Waals surface area contributed by atoms with Gasteiger partial charge in [-0.3, -0.25) is 9.59 Å². The molecule has 0 N–H and O–H groups in total. The molecule has 0 heterocycles. The second-order valence-corrected chi connectivity index (χ2v) is 4.15. The largest absolute Gasteiger partial charge is 0.469 e. The van der Waals surface area contributed by atoms with Crippen LogP contribution in [0.25, 0.3) is 0 Å². The van der Waals surface area contributed by atoms with Gasteiger partial charge in [-0.1, -0.05) is 26.3 Å². The van der Waals surface area contributed by atoms with Gasteiger partial charge in [0.2, 0.25) is 0 Å². The molecule has 0 aliphatic rings. The topological polar surface area (TPSA) is 43.4 Å². The van der Waals surface area contributed by atoms with Gasteiger partial charge in [-0.15, -0.1) is 0 Å². The number of esters is 1. The molecule has 0 amide bonds. The van der Waals surface area contributed by atoms with Gasteiger partial charge in [0.1, 0.15) is 6.29 Å². The van der Waals surface area contributed by atoms with Crippen LogP contribution < -0.4 is 0 Å². The van der Waals surface area contributed by atoms with E-state index >= 15 is 0 Å². The number of hydrogen-bond acceptors (Lipinski definition) is 3. The Labute approximate surface area is 85.1 Å². The number of carbonyl (C=O) groups excluding carboxylic acids is 2. The minimum atomic E-state index is -0.244. The number of ether oxygens (including phenoxy) is 1. The van der Waals surface area contributed by atoms with E-state index in [1.54, 1.807) is 0 Å². The van der Waals surface area contributed by atoms with E-state index in [1.807, 2.05) is 20.8 Å². The lowest BCUT2D eigenvalue weighted by Crippen LogP contribution is -2.12. The highest BCUT2D eigenvalue weighted by Crippen LogP contribution is 2.28. The van der Waals surface area contributed by atoms with Gasteiger partial charge >= 0.3 is 5.97 Å². The fourth-order valence-electron chi connectivity index (χ4n) is 1.13. The minimum absolute atomic E-state index is 0.0745. The van der Waals surface area contributed by atoms with Crippen molar-refractivity contribution in [1.29, 1.82) is 0 Å². The monoisotopic (exact) mass is 198 g/mol.